The van der Waals surface area contributed by atoms with E-state index in [1.54, 1.807) is 0 Å². The van der Waals surface area contributed by atoms with E-state index in [9.17, 15) is 0 Å². The molecule has 2 aliphatic carbocycles. The molecule has 0 fully saturated rings. The van der Waals surface area contributed by atoms with Crippen molar-refractivity contribution < 1.29 is 16.4 Å². The Labute approximate surface area is 332 Å². The fourth-order valence-corrected chi connectivity index (χ4v) is 39.5. The van der Waals surface area contributed by atoms with Crippen molar-refractivity contribution >= 4 is 52.3 Å². The molecule has 0 nitrogen and oxygen atoms in total. The molecule has 1 heterocycles. The molecule has 0 bridgehead atoms. The second kappa shape index (κ2) is 12.8. The van der Waals surface area contributed by atoms with E-state index in [0.29, 0.717) is 0 Å². The SMILES string of the molecule is CC1=Cc2c(ccc(C)c2-c2cccc(C)c2C)[CH]1[Zr]([Cl])([Cl])([c]1cccc2c1[SiH2]c1ccccc1-2)[CH]1C(C)=Cc2c1ccc(C)c2-c1cccc(C)c1C. The van der Waals surface area contributed by atoms with Gasteiger partial charge in [-0.3, -0.25) is 0 Å². The van der Waals surface area contributed by atoms with Crippen LogP contribution in [0.1, 0.15) is 76.7 Å². The number of hydrogen-bond donors (Lipinski definition) is 0. The van der Waals surface area contributed by atoms with Crippen LogP contribution in [0.15, 0.2) is 114 Å². The van der Waals surface area contributed by atoms with E-state index < -0.39 is 25.9 Å². The molecule has 2 unspecified atom stereocenters. The standard InChI is InChI=1S/2C19H19.C12H9Si.2ClH.Zr/c2*1-12-10-16-9-8-14(3)19(18(16)11-12)17-7-5-6-13(2)15(17)4;1-3-7-11-9(5-1)10-6-2-4-8-12(10)13-11;;;/h2*5-11H,1-4H3;1-7H,13H2;2*1H;/q;;;;;+2/p-2. The average molecular weight is 838 g/mol. The molecule has 0 spiro atoms. The maximum atomic E-state index is 9.11. The minimum absolute atomic E-state index is 0.0943. The van der Waals surface area contributed by atoms with E-state index >= 15 is 0 Å². The van der Waals surface area contributed by atoms with Crippen molar-refractivity contribution in [1.82, 2.24) is 0 Å². The summed E-state index contributed by atoms with van der Waals surface area (Å²) in [6, 6.07) is 38.7. The third-order valence-corrected chi connectivity index (χ3v) is 36.6. The van der Waals surface area contributed by atoms with Crippen molar-refractivity contribution in [3.8, 4) is 33.4 Å². The van der Waals surface area contributed by atoms with Crippen molar-refractivity contribution in [2.75, 3.05) is 0 Å². The summed E-state index contributed by atoms with van der Waals surface area (Å²) in [6.45, 7) is 18.1. The van der Waals surface area contributed by atoms with Gasteiger partial charge in [-0.2, -0.15) is 0 Å². The van der Waals surface area contributed by atoms with E-state index in [-0.39, 0.29) is 7.25 Å². The Morgan fingerprint density at radius 3 is 1.46 bits per heavy atom. The number of benzene rings is 6. The Morgan fingerprint density at radius 2 is 0.926 bits per heavy atom. The molecule has 0 saturated heterocycles. The van der Waals surface area contributed by atoms with Crippen molar-refractivity contribution in [2.24, 2.45) is 0 Å². The maximum absolute atomic E-state index is 9.11. The van der Waals surface area contributed by atoms with Gasteiger partial charge in [0.1, 0.15) is 0 Å². The fraction of sp³-hybridized carbons (Fsp3) is 0.200. The third-order valence-electron chi connectivity index (χ3n) is 13.4. The predicted molar refractivity (Wildman–Crippen MR) is 236 cm³/mol. The summed E-state index contributed by atoms with van der Waals surface area (Å²) in [5.41, 5.74) is 23.5. The number of rotatable bonds is 5. The first-order valence-corrected chi connectivity index (χ1v) is 31.2. The van der Waals surface area contributed by atoms with Gasteiger partial charge in [-0.05, 0) is 0 Å². The Bertz CT molecular complexity index is 2540. The topological polar surface area (TPSA) is 0 Å². The molecule has 4 heteroatoms. The van der Waals surface area contributed by atoms with Crippen molar-refractivity contribution in [3.05, 3.63) is 170 Å². The van der Waals surface area contributed by atoms with E-state index in [4.69, 9.17) is 17.0 Å². The van der Waals surface area contributed by atoms with Gasteiger partial charge < -0.3 is 0 Å². The van der Waals surface area contributed by atoms with Gasteiger partial charge in [-0.1, -0.05) is 0 Å². The van der Waals surface area contributed by atoms with Crippen LogP contribution in [0.2, 0.25) is 0 Å². The first kappa shape index (κ1) is 36.1. The van der Waals surface area contributed by atoms with E-state index in [2.05, 4.69) is 171 Å². The summed E-state index contributed by atoms with van der Waals surface area (Å²) in [7, 11) is 17.4. The van der Waals surface area contributed by atoms with Crippen LogP contribution in [0.4, 0.5) is 0 Å². The van der Waals surface area contributed by atoms with Crippen LogP contribution in [-0.4, -0.2) is 9.52 Å². The van der Waals surface area contributed by atoms with Crippen molar-refractivity contribution in [1.29, 1.82) is 0 Å². The fourth-order valence-electron chi connectivity index (χ4n) is 10.7. The van der Waals surface area contributed by atoms with Gasteiger partial charge >= 0.3 is 335 Å². The third kappa shape index (κ3) is 5.02. The Balaban J connectivity index is 1.36. The summed E-state index contributed by atoms with van der Waals surface area (Å²) in [5, 5.41) is 2.95. The Kier molecular flexibility index (Phi) is 8.54. The predicted octanol–water partition coefficient (Wildman–Crippen LogP) is 11.9. The number of hydrogen-bond acceptors (Lipinski definition) is 0. The molecule has 1 aliphatic heterocycles. The molecule has 9 rings (SSSR count). The number of halogens is 2. The van der Waals surface area contributed by atoms with Gasteiger partial charge in [0.15, 0.2) is 0 Å². The summed E-state index contributed by atoms with van der Waals surface area (Å²) in [6.07, 6.45) is 4.90. The molecule has 3 aliphatic rings. The second-order valence-electron chi connectivity index (χ2n) is 16.5. The molecule has 0 N–H and O–H groups in total. The molecule has 0 radical (unpaired) electrons. The number of allylic oxidation sites excluding steroid dienone is 2. The van der Waals surface area contributed by atoms with Crippen molar-refractivity contribution in [2.45, 2.75) is 62.6 Å². The molecular formula is C50H47Cl2SiZr. The van der Waals surface area contributed by atoms with Gasteiger partial charge in [0, 0.05) is 0 Å². The van der Waals surface area contributed by atoms with Gasteiger partial charge in [0.05, 0.1) is 0 Å². The summed E-state index contributed by atoms with van der Waals surface area (Å²) in [5.74, 6) is 0. The van der Waals surface area contributed by atoms with Crippen LogP contribution >= 0.6 is 17.0 Å². The first-order valence-electron chi connectivity index (χ1n) is 19.4. The summed E-state index contributed by atoms with van der Waals surface area (Å²) >= 11 is -5.50. The van der Waals surface area contributed by atoms with E-state index in [1.807, 2.05) is 0 Å². The zero-order chi connectivity index (χ0) is 37.9. The zero-order valence-corrected chi connectivity index (χ0v) is 38.0. The van der Waals surface area contributed by atoms with Gasteiger partial charge in [-0.15, -0.1) is 0 Å². The normalized spacial score (nSPS) is 18.1. The summed E-state index contributed by atoms with van der Waals surface area (Å²) in [4.78, 5) is 0. The molecular weight excluding hydrogens is 791 g/mol. The van der Waals surface area contributed by atoms with Crippen LogP contribution in [0.25, 0.3) is 45.5 Å². The first-order chi connectivity index (χ1) is 25.8. The number of fused-ring (bicyclic) bond motifs is 5. The Hall–Kier alpha value is -3.52. The molecule has 54 heavy (non-hydrogen) atoms. The molecule has 269 valence electrons. The van der Waals surface area contributed by atoms with Gasteiger partial charge in [-0.25, -0.2) is 0 Å². The quantitative estimate of drug-likeness (QED) is 0.152. The second-order valence-corrected chi connectivity index (χ2v) is 38.9. The zero-order valence-electron chi connectivity index (χ0n) is 32.6. The molecule has 0 aromatic heterocycles. The van der Waals surface area contributed by atoms with Gasteiger partial charge in [0.25, 0.3) is 0 Å². The van der Waals surface area contributed by atoms with Crippen LogP contribution in [0.3, 0.4) is 0 Å². The van der Waals surface area contributed by atoms with Crippen LogP contribution in [0, 0.1) is 41.5 Å². The monoisotopic (exact) mass is 835 g/mol. The van der Waals surface area contributed by atoms with Gasteiger partial charge in [0.2, 0.25) is 0 Å². The van der Waals surface area contributed by atoms with E-state index in [0.717, 1.165) is 0 Å². The molecule has 2 atom stereocenters. The van der Waals surface area contributed by atoms with Crippen LogP contribution in [-0.2, 0) is 16.4 Å². The molecule has 6 aromatic rings. The average Bonchev–Trinajstić information content (AvgIpc) is 3.81. The van der Waals surface area contributed by atoms with Crippen LogP contribution in [0.5, 0.6) is 0 Å². The molecule has 0 amide bonds. The van der Waals surface area contributed by atoms with Crippen molar-refractivity contribution in [3.63, 3.8) is 0 Å². The van der Waals surface area contributed by atoms with E-state index in [1.165, 1.54) is 114 Å². The number of aryl methyl sites for hydroxylation is 4. The summed E-state index contributed by atoms with van der Waals surface area (Å²) < 4.78 is 1.09. The Morgan fingerprint density at radius 1 is 0.463 bits per heavy atom. The van der Waals surface area contributed by atoms with Crippen LogP contribution < -0.4 is 13.6 Å². The minimum atomic E-state index is -5.50. The molecule has 0 saturated carbocycles. The molecule has 6 aromatic carbocycles.